The van der Waals surface area contributed by atoms with E-state index in [1.165, 1.54) is 6.92 Å². The van der Waals surface area contributed by atoms with Crippen molar-refractivity contribution in [1.29, 1.82) is 0 Å². The number of hydrogen-bond acceptors (Lipinski definition) is 6. The fourth-order valence-corrected chi connectivity index (χ4v) is 1.44. The number of aliphatic hydroxyl groups is 2. The summed E-state index contributed by atoms with van der Waals surface area (Å²) in [6.45, 7) is 1.50. The second-order valence-corrected chi connectivity index (χ2v) is 3.74. The summed E-state index contributed by atoms with van der Waals surface area (Å²) in [5.41, 5.74) is -0.00679. The van der Waals surface area contributed by atoms with Gasteiger partial charge in [0.25, 0.3) is 5.69 Å². The van der Waals surface area contributed by atoms with Crippen LogP contribution in [-0.2, 0) is 4.79 Å². The van der Waals surface area contributed by atoms with Crippen LogP contribution in [0.4, 0.5) is 5.69 Å². The van der Waals surface area contributed by atoms with Gasteiger partial charge in [0.2, 0.25) is 0 Å². The van der Waals surface area contributed by atoms with Gasteiger partial charge in [-0.15, -0.1) is 0 Å². The Bertz CT molecular complexity index is 475. The van der Waals surface area contributed by atoms with Gasteiger partial charge in [0.05, 0.1) is 17.4 Å². The van der Waals surface area contributed by atoms with Crippen LogP contribution >= 0.6 is 0 Å². The summed E-state index contributed by atoms with van der Waals surface area (Å²) in [5, 5.41) is 38.3. The Hall–Kier alpha value is -2.06. The van der Waals surface area contributed by atoms with E-state index >= 15 is 0 Å². The molecule has 1 rings (SSSR count). The Kier molecular flexibility index (Phi) is 4.29. The average Bonchev–Trinajstić information content (AvgIpc) is 2.27. The van der Waals surface area contributed by atoms with Crippen LogP contribution in [0.2, 0.25) is 0 Å². The lowest BCUT2D eigenvalue weighted by Gasteiger charge is -2.17. The van der Waals surface area contributed by atoms with E-state index in [1.807, 2.05) is 0 Å². The average molecular weight is 256 g/mol. The van der Waals surface area contributed by atoms with Gasteiger partial charge in [-0.1, -0.05) is 0 Å². The van der Waals surface area contributed by atoms with Crippen LogP contribution in [0, 0.1) is 17.0 Å². The first-order chi connectivity index (χ1) is 8.32. The van der Waals surface area contributed by atoms with Gasteiger partial charge in [-0.2, -0.15) is 0 Å². The Morgan fingerprint density at radius 3 is 2.67 bits per heavy atom. The highest BCUT2D eigenvalue weighted by molar-refractivity contribution is 5.67. The van der Waals surface area contributed by atoms with Gasteiger partial charge < -0.3 is 15.3 Å². The van der Waals surface area contributed by atoms with E-state index < -0.39 is 29.5 Å². The summed E-state index contributed by atoms with van der Waals surface area (Å²) in [7, 11) is 0. The minimum absolute atomic E-state index is 0.0398. The van der Waals surface area contributed by atoms with Crippen molar-refractivity contribution in [3.05, 3.63) is 33.6 Å². The van der Waals surface area contributed by atoms with Crippen molar-refractivity contribution in [2.45, 2.75) is 25.6 Å². The molecule has 3 N–H and O–H groups in total. The molecule has 0 aliphatic carbocycles. The highest BCUT2D eigenvalue weighted by Crippen LogP contribution is 2.24. The standard InChI is InChI=1S/C10H12N2O6/c1-5-7(2-6(4-11-5)12(17)18)10(16)8(13)3-9(14)15/h2,4,8,10,13,16H,3H2,1H3,(H,14,15). The monoisotopic (exact) mass is 256 g/mol. The normalized spacial score (nSPS) is 13.9. The zero-order valence-electron chi connectivity index (χ0n) is 9.48. The fourth-order valence-electron chi connectivity index (χ4n) is 1.44. The van der Waals surface area contributed by atoms with Gasteiger partial charge in [-0.05, 0) is 6.92 Å². The molecule has 1 heterocycles. The predicted octanol–water partition coefficient (Wildman–Crippen LogP) is 0.167. The molecule has 8 heteroatoms. The number of aliphatic hydroxyl groups excluding tert-OH is 2. The van der Waals surface area contributed by atoms with E-state index in [0.29, 0.717) is 0 Å². The lowest BCUT2D eigenvalue weighted by molar-refractivity contribution is -0.385. The SMILES string of the molecule is Cc1ncc([N+](=O)[O-])cc1C(O)C(O)CC(=O)O. The second-order valence-electron chi connectivity index (χ2n) is 3.74. The minimum atomic E-state index is -1.55. The van der Waals surface area contributed by atoms with E-state index in [4.69, 9.17) is 5.11 Å². The summed E-state index contributed by atoms with van der Waals surface area (Å²) in [6, 6.07) is 1.07. The molecular formula is C10H12N2O6. The Balaban J connectivity index is 3.03. The predicted molar refractivity (Wildman–Crippen MR) is 58.8 cm³/mol. The summed E-state index contributed by atoms with van der Waals surface area (Å²) < 4.78 is 0. The number of hydrogen-bond donors (Lipinski definition) is 3. The van der Waals surface area contributed by atoms with Gasteiger partial charge in [0, 0.05) is 17.3 Å². The topological polar surface area (TPSA) is 134 Å². The molecule has 8 nitrogen and oxygen atoms in total. The molecule has 1 aromatic heterocycles. The van der Waals surface area contributed by atoms with Crippen LogP contribution in [-0.4, -0.2) is 37.3 Å². The summed E-state index contributed by atoms with van der Waals surface area (Å²) in [4.78, 5) is 24.0. The number of aliphatic carboxylic acids is 1. The molecule has 2 unspecified atom stereocenters. The van der Waals surface area contributed by atoms with Crippen LogP contribution in [0.25, 0.3) is 0 Å². The van der Waals surface area contributed by atoms with Crippen LogP contribution in [0.5, 0.6) is 0 Å². The number of nitrogens with zero attached hydrogens (tertiary/aromatic N) is 2. The first kappa shape index (κ1) is 14.0. The van der Waals surface area contributed by atoms with Crippen molar-refractivity contribution >= 4 is 11.7 Å². The minimum Gasteiger partial charge on any atom is -0.481 e. The third-order valence-electron chi connectivity index (χ3n) is 2.39. The maximum absolute atomic E-state index is 10.6. The Morgan fingerprint density at radius 1 is 1.56 bits per heavy atom. The van der Waals surface area contributed by atoms with E-state index in [0.717, 1.165) is 12.3 Å². The van der Waals surface area contributed by atoms with Crippen LogP contribution in [0.15, 0.2) is 12.3 Å². The van der Waals surface area contributed by atoms with Gasteiger partial charge in [0.15, 0.2) is 0 Å². The Morgan fingerprint density at radius 2 is 2.17 bits per heavy atom. The number of rotatable bonds is 5. The molecule has 0 aliphatic heterocycles. The summed E-state index contributed by atoms with van der Waals surface area (Å²) in [5.74, 6) is -1.28. The first-order valence-electron chi connectivity index (χ1n) is 5.01. The molecular weight excluding hydrogens is 244 g/mol. The quantitative estimate of drug-likeness (QED) is 0.504. The number of aryl methyl sites for hydroxylation is 1. The third kappa shape index (κ3) is 3.22. The molecule has 98 valence electrons. The zero-order chi connectivity index (χ0) is 13.9. The second kappa shape index (κ2) is 5.52. The van der Waals surface area contributed by atoms with Crippen LogP contribution < -0.4 is 0 Å². The number of pyridine rings is 1. The first-order valence-corrected chi connectivity index (χ1v) is 5.01. The third-order valence-corrected chi connectivity index (χ3v) is 2.39. The molecule has 1 aromatic rings. The molecule has 0 spiro atoms. The molecule has 0 aliphatic rings. The Labute approximate surface area is 102 Å². The van der Waals surface area contributed by atoms with Gasteiger partial charge in [-0.25, -0.2) is 0 Å². The largest absolute Gasteiger partial charge is 0.481 e. The maximum atomic E-state index is 10.6. The van der Waals surface area contributed by atoms with Crippen molar-refractivity contribution in [3.63, 3.8) is 0 Å². The molecule has 18 heavy (non-hydrogen) atoms. The summed E-state index contributed by atoms with van der Waals surface area (Å²) >= 11 is 0. The van der Waals surface area contributed by atoms with E-state index in [1.54, 1.807) is 0 Å². The number of carbonyl (C=O) groups is 1. The highest BCUT2D eigenvalue weighted by atomic mass is 16.6. The molecule has 2 atom stereocenters. The van der Waals surface area contributed by atoms with Gasteiger partial charge in [0.1, 0.15) is 12.3 Å². The van der Waals surface area contributed by atoms with Crippen molar-refractivity contribution in [1.82, 2.24) is 4.98 Å². The highest BCUT2D eigenvalue weighted by Gasteiger charge is 2.24. The number of carboxylic acids is 1. The number of nitro groups is 1. The lowest BCUT2D eigenvalue weighted by Crippen LogP contribution is -2.22. The zero-order valence-corrected chi connectivity index (χ0v) is 9.48. The van der Waals surface area contributed by atoms with Crippen molar-refractivity contribution in [2.75, 3.05) is 0 Å². The van der Waals surface area contributed by atoms with Crippen LogP contribution in [0.1, 0.15) is 23.8 Å². The molecule has 0 saturated heterocycles. The molecule has 0 bridgehead atoms. The van der Waals surface area contributed by atoms with Gasteiger partial charge >= 0.3 is 5.97 Å². The molecule has 0 fully saturated rings. The molecule has 0 amide bonds. The van der Waals surface area contributed by atoms with Crippen molar-refractivity contribution in [2.24, 2.45) is 0 Å². The van der Waals surface area contributed by atoms with Gasteiger partial charge in [-0.3, -0.25) is 19.9 Å². The number of carboxylic acid groups (broad SMARTS) is 1. The smallest absolute Gasteiger partial charge is 0.306 e. The van der Waals surface area contributed by atoms with Crippen LogP contribution in [0.3, 0.4) is 0 Å². The van der Waals surface area contributed by atoms with Crippen molar-refractivity contribution < 1.29 is 25.0 Å². The lowest BCUT2D eigenvalue weighted by atomic mass is 10.0. The van der Waals surface area contributed by atoms with Crippen molar-refractivity contribution in [3.8, 4) is 0 Å². The maximum Gasteiger partial charge on any atom is 0.306 e. The molecule has 0 saturated carbocycles. The molecule has 0 radical (unpaired) electrons. The summed E-state index contributed by atoms with van der Waals surface area (Å²) in [6.07, 6.45) is -2.73. The number of aromatic nitrogens is 1. The van der Waals surface area contributed by atoms with E-state index in [-0.39, 0.29) is 16.9 Å². The fraction of sp³-hybridized carbons (Fsp3) is 0.400. The molecule has 0 aromatic carbocycles. The van der Waals surface area contributed by atoms with E-state index in [2.05, 4.69) is 4.98 Å². The van der Waals surface area contributed by atoms with E-state index in [9.17, 15) is 25.1 Å².